The van der Waals surface area contributed by atoms with Crippen LogP contribution in [0.2, 0.25) is 0 Å². The van der Waals surface area contributed by atoms with E-state index in [0.29, 0.717) is 17.7 Å². The van der Waals surface area contributed by atoms with E-state index in [4.69, 9.17) is 0 Å². The van der Waals surface area contributed by atoms with E-state index in [2.05, 4.69) is 10.6 Å². The number of benzene rings is 2. The molecule has 32 heavy (non-hydrogen) atoms. The van der Waals surface area contributed by atoms with Gasteiger partial charge in [-0.05, 0) is 30.6 Å². The van der Waals surface area contributed by atoms with Gasteiger partial charge in [0.05, 0.1) is 22.4 Å². The Bertz CT molecular complexity index is 1170. The van der Waals surface area contributed by atoms with Gasteiger partial charge in [0.15, 0.2) is 0 Å². The summed E-state index contributed by atoms with van der Waals surface area (Å²) in [7, 11) is 0. The normalized spacial score (nSPS) is 28.2. The van der Waals surface area contributed by atoms with Crippen LogP contribution < -0.4 is 15.5 Å². The van der Waals surface area contributed by atoms with Crippen molar-refractivity contribution in [1.29, 1.82) is 0 Å². The molecule has 2 aromatic carbocycles. The van der Waals surface area contributed by atoms with Gasteiger partial charge in [-0.25, -0.2) is 4.90 Å². The number of hydrogen-bond acceptors (Lipinski definition) is 7. The van der Waals surface area contributed by atoms with Crippen molar-refractivity contribution in [3.63, 3.8) is 0 Å². The van der Waals surface area contributed by atoms with Crippen LogP contribution in [0.1, 0.15) is 12.0 Å². The summed E-state index contributed by atoms with van der Waals surface area (Å²) < 4.78 is 0. The number of thioether (sulfide) groups is 1. The molecule has 0 aromatic heterocycles. The number of amides is 3. The fourth-order valence-electron chi connectivity index (χ4n) is 5.25. The Balaban J connectivity index is 1.64. The lowest BCUT2D eigenvalue weighted by molar-refractivity contribution is -0.384. The number of rotatable bonds is 5. The number of non-ortho nitro benzene ring substituents is 1. The number of nitro benzene ring substituents is 1. The number of anilines is 2. The van der Waals surface area contributed by atoms with Gasteiger partial charge in [-0.1, -0.05) is 24.3 Å². The average Bonchev–Trinajstić information content (AvgIpc) is 3.37. The van der Waals surface area contributed by atoms with Crippen LogP contribution in [0.4, 0.5) is 17.1 Å². The molecule has 0 unspecified atom stereocenters. The van der Waals surface area contributed by atoms with Crippen molar-refractivity contribution < 1.29 is 19.3 Å². The molecule has 10 heteroatoms. The number of nitrogens with one attached hydrogen (secondary N) is 2. The summed E-state index contributed by atoms with van der Waals surface area (Å²) in [5, 5.41) is 17.5. The zero-order valence-electron chi connectivity index (χ0n) is 17.1. The predicted molar refractivity (Wildman–Crippen MR) is 119 cm³/mol. The Kier molecular flexibility index (Phi) is 4.79. The van der Waals surface area contributed by atoms with Crippen molar-refractivity contribution in [3.05, 3.63) is 64.2 Å². The number of carbonyl (C=O) groups is 3. The molecule has 2 fully saturated rings. The average molecular weight is 452 g/mol. The molecule has 2 saturated heterocycles. The van der Waals surface area contributed by atoms with E-state index >= 15 is 0 Å². The maximum absolute atomic E-state index is 13.7. The van der Waals surface area contributed by atoms with E-state index in [1.54, 1.807) is 36.0 Å². The first kappa shape index (κ1) is 20.7. The maximum atomic E-state index is 13.7. The predicted octanol–water partition coefficient (Wildman–Crippen LogP) is 2.27. The van der Waals surface area contributed by atoms with E-state index in [-0.39, 0.29) is 23.3 Å². The summed E-state index contributed by atoms with van der Waals surface area (Å²) in [4.78, 5) is 52.3. The van der Waals surface area contributed by atoms with Gasteiger partial charge < -0.3 is 5.32 Å². The van der Waals surface area contributed by atoms with E-state index in [0.717, 1.165) is 10.7 Å². The summed E-state index contributed by atoms with van der Waals surface area (Å²) in [6, 6.07) is 12.2. The van der Waals surface area contributed by atoms with Crippen LogP contribution in [0.3, 0.4) is 0 Å². The third-order valence-electron chi connectivity index (χ3n) is 6.55. The van der Waals surface area contributed by atoms with Crippen molar-refractivity contribution in [3.8, 4) is 0 Å². The van der Waals surface area contributed by atoms with Crippen LogP contribution in [0.5, 0.6) is 0 Å². The quantitative estimate of drug-likeness (QED) is 0.405. The van der Waals surface area contributed by atoms with Crippen LogP contribution >= 0.6 is 11.8 Å². The Hall–Kier alpha value is -3.24. The zero-order chi connectivity index (χ0) is 22.6. The molecule has 3 aliphatic heterocycles. The molecule has 3 aliphatic rings. The minimum atomic E-state index is -1.35. The molecule has 2 aromatic rings. The first-order valence-corrected chi connectivity index (χ1v) is 11.6. The molecule has 4 atom stereocenters. The lowest BCUT2D eigenvalue weighted by Crippen LogP contribution is -2.53. The third-order valence-corrected chi connectivity index (χ3v) is 7.20. The summed E-state index contributed by atoms with van der Waals surface area (Å²) in [6.45, 7) is 0. The van der Waals surface area contributed by atoms with Gasteiger partial charge in [0.2, 0.25) is 17.7 Å². The van der Waals surface area contributed by atoms with Gasteiger partial charge in [0, 0.05) is 29.4 Å². The Labute approximate surface area is 187 Å². The first-order chi connectivity index (χ1) is 15.4. The smallest absolute Gasteiger partial charge is 0.271 e. The Morgan fingerprint density at radius 2 is 1.91 bits per heavy atom. The largest absolute Gasteiger partial charge is 0.324 e. The highest BCUT2D eigenvalue weighted by atomic mass is 32.2. The zero-order valence-corrected chi connectivity index (χ0v) is 17.9. The number of imide groups is 1. The van der Waals surface area contributed by atoms with Crippen LogP contribution in [0.25, 0.3) is 0 Å². The van der Waals surface area contributed by atoms with Gasteiger partial charge in [-0.2, -0.15) is 11.8 Å². The number of carbonyl (C=O) groups excluding carboxylic acids is 3. The van der Waals surface area contributed by atoms with Crippen molar-refractivity contribution in [2.75, 3.05) is 22.2 Å². The number of fused-ring (bicyclic) bond motifs is 4. The fourth-order valence-corrected chi connectivity index (χ4v) is 5.74. The lowest BCUT2D eigenvalue weighted by atomic mass is 9.76. The highest BCUT2D eigenvalue weighted by Crippen LogP contribution is 2.54. The molecule has 1 spiro atoms. The lowest BCUT2D eigenvalue weighted by Gasteiger charge is -2.29. The van der Waals surface area contributed by atoms with Crippen LogP contribution in [0, 0.1) is 22.0 Å². The maximum Gasteiger partial charge on any atom is 0.271 e. The number of nitrogens with zero attached hydrogens (tertiary/aromatic N) is 2. The molecule has 164 valence electrons. The standard InChI is InChI=1S/C22H20N4O5S/c1-32-10-9-16-17-18(22(24-16)14-7-2-3-8-15(14)23-21(22)29)20(28)25(19(17)27)12-5-4-6-13(11-12)26(30)31/h2-8,11,16-18,24H,9-10H2,1H3,(H,23,29)/t16-,17+,18-,22-/m0/s1. The van der Waals surface area contributed by atoms with Gasteiger partial charge >= 0.3 is 0 Å². The van der Waals surface area contributed by atoms with Crippen LogP contribution in [-0.4, -0.2) is 40.7 Å². The molecular formula is C22H20N4O5S. The topological polar surface area (TPSA) is 122 Å². The fraction of sp³-hybridized carbons (Fsp3) is 0.318. The molecule has 0 saturated carbocycles. The molecule has 5 rings (SSSR count). The second-order valence-electron chi connectivity index (χ2n) is 8.13. The summed E-state index contributed by atoms with van der Waals surface area (Å²) in [6.07, 6.45) is 2.55. The van der Waals surface area contributed by atoms with Crippen molar-refractivity contribution in [1.82, 2.24) is 5.32 Å². The molecule has 0 bridgehead atoms. The van der Waals surface area contributed by atoms with Crippen molar-refractivity contribution in [2.24, 2.45) is 11.8 Å². The molecule has 9 nitrogen and oxygen atoms in total. The van der Waals surface area contributed by atoms with E-state index in [1.165, 1.54) is 24.3 Å². The second kappa shape index (κ2) is 7.42. The van der Waals surface area contributed by atoms with E-state index < -0.39 is 34.1 Å². The molecule has 0 radical (unpaired) electrons. The Morgan fingerprint density at radius 3 is 2.66 bits per heavy atom. The monoisotopic (exact) mass is 452 g/mol. The molecule has 0 aliphatic carbocycles. The number of para-hydroxylation sites is 1. The van der Waals surface area contributed by atoms with Gasteiger partial charge in [0.25, 0.3) is 5.69 Å². The molecule has 3 heterocycles. The van der Waals surface area contributed by atoms with Gasteiger partial charge in [0.1, 0.15) is 5.54 Å². The summed E-state index contributed by atoms with van der Waals surface area (Å²) in [5.74, 6) is -2.25. The van der Waals surface area contributed by atoms with E-state index in [1.807, 2.05) is 6.26 Å². The number of nitro groups is 1. The van der Waals surface area contributed by atoms with Crippen molar-refractivity contribution >= 4 is 46.5 Å². The summed E-state index contributed by atoms with van der Waals surface area (Å²) >= 11 is 1.62. The van der Waals surface area contributed by atoms with Crippen LogP contribution in [-0.2, 0) is 19.9 Å². The highest BCUT2D eigenvalue weighted by Gasteiger charge is 2.70. The summed E-state index contributed by atoms with van der Waals surface area (Å²) in [5.41, 5.74) is -0.158. The molecular weight excluding hydrogens is 432 g/mol. The Morgan fingerprint density at radius 1 is 1.12 bits per heavy atom. The molecule has 2 N–H and O–H groups in total. The minimum Gasteiger partial charge on any atom is -0.324 e. The first-order valence-electron chi connectivity index (χ1n) is 10.2. The number of hydrogen-bond donors (Lipinski definition) is 2. The van der Waals surface area contributed by atoms with Crippen LogP contribution in [0.15, 0.2) is 48.5 Å². The molecule has 3 amide bonds. The third kappa shape index (κ3) is 2.72. The minimum absolute atomic E-state index is 0.147. The second-order valence-corrected chi connectivity index (χ2v) is 9.12. The highest BCUT2D eigenvalue weighted by molar-refractivity contribution is 7.98. The van der Waals surface area contributed by atoms with Crippen molar-refractivity contribution in [2.45, 2.75) is 18.0 Å². The van der Waals surface area contributed by atoms with E-state index in [9.17, 15) is 24.5 Å². The SMILES string of the molecule is CSCC[C@@H]1N[C@]2(C(=O)Nc3ccccc32)[C@@H]2C(=O)N(c3cccc([N+](=O)[O-])c3)C(=O)[C@H]12. The van der Waals surface area contributed by atoms with Gasteiger partial charge in [-0.15, -0.1) is 0 Å². The van der Waals surface area contributed by atoms with Gasteiger partial charge in [-0.3, -0.25) is 29.8 Å².